The summed E-state index contributed by atoms with van der Waals surface area (Å²) in [6.07, 6.45) is 1.62. The molecule has 1 heterocycles. The van der Waals surface area contributed by atoms with Gasteiger partial charge in [0, 0.05) is 6.20 Å². The van der Waals surface area contributed by atoms with Crippen molar-refractivity contribution in [3.05, 3.63) is 26.0 Å². The summed E-state index contributed by atoms with van der Waals surface area (Å²) in [6, 6.07) is 1.66. The largest absolute Gasteiger partial charge is 0.249 e. The van der Waals surface area contributed by atoms with Gasteiger partial charge in [-0.3, -0.25) is 0 Å². The summed E-state index contributed by atoms with van der Waals surface area (Å²) in [5, 5.41) is 1.08. The number of hydrogen-bond acceptors (Lipinski definition) is 1. The maximum Gasteiger partial charge on any atom is 0.121 e. The van der Waals surface area contributed by atoms with Crippen LogP contribution in [0.15, 0.2) is 12.3 Å². The number of nitrogens with zero attached hydrogens (tertiary/aromatic N) is 1. The Morgan fingerprint density at radius 3 is 2.56 bits per heavy atom. The molecule has 1 rings (SSSR count). The average molecular weight is 274 g/mol. The average Bonchev–Trinajstić information content (AvgIpc) is 1.83. The fraction of sp³-hybridized carbons (Fsp3) is 0. The van der Waals surface area contributed by atoms with Crippen molar-refractivity contribution in [2.45, 2.75) is 0 Å². The summed E-state index contributed by atoms with van der Waals surface area (Å²) in [6.45, 7) is 0. The molecule has 0 fully saturated rings. The van der Waals surface area contributed by atoms with Crippen LogP contribution < -0.4 is 0 Å². The van der Waals surface area contributed by atoms with Crippen molar-refractivity contribution in [1.29, 1.82) is 0 Å². The van der Waals surface area contributed by atoms with Crippen LogP contribution in [0.3, 0.4) is 0 Å². The summed E-state index contributed by atoms with van der Waals surface area (Å²) in [7, 11) is 0. The van der Waals surface area contributed by atoms with Gasteiger partial charge in [-0.05, 0) is 28.7 Å². The highest BCUT2D eigenvalue weighted by Crippen LogP contribution is 2.24. The van der Waals surface area contributed by atoms with Gasteiger partial charge in [-0.1, -0.05) is 23.2 Å². The van der Waals surface area contributed by atoms with Crippen LogP contribution in [0.5, 0.6) is 0 Å². The molecule has 0 atom stereocenters. The number of hydrogen-bond donors (Lipinski definition) is 0. The molecule has 0 spiro atoms. The van der Waals surface area contributed by atoms with Crippen LogP contribution in [0.4, 0.5) is 0 Å². The molecule has 0 amide bonds. The molecule has 1 aromatic rings. The zero-order chi connectivity index (χ0) is 6.85. The molecule has 0 aromatic carbocycles. The summed E-state index contributed by atoms with van der Waals surface area (Å²) in [5.41, 5.74) is 0. The zero-order valence-corrected chi connectivity index (χ0v) is 7.91. The molecule has 9 heavy (non-hydrogen) atoms. The second-order valence-corrected chi connectivity index (χ2v) is 3.20. The van der Waals surface area contributed by atoms with Gasteiger partial charge in [-0.15, -0.1) is 0 Å². The molecule has 0 N–H and O–H groups in total. The summed E-state index contributed by atoms with van der Waals surface area (Å²) >= 11 is 13.3. The Labute approximate surface area is 76.5 Å². The first-order chi connectivity index (χ1) is 4.22. The fourth-order valence-electron chi connectivity index (χ4n) is 0.397. The Morgan fingerprint density at radius 1 is 1.44 bits per heavy atom. The molecule has 48 valence electrons. The van der Waals surface area contributed by atoms with Gasteiger partial charge in [0.05, 0.1) is 10.0 Å². The van der Waals surface area contributed by atoms with Crippen LogP contribution >= 0.6 is 45.8 Å². The maximum atomic E-state index is 5.68. The van der Waals surface area contributed by atoms with Crippen molar-refractivity contribution in [3.8, 4) is 0 Å². The molecule has 1 nitrogen and oxygen atoms in total. The number of rotatable bonds is 0. The molecule has 0 radical (unpaired) electrons. The van der Waals surface area contributed by atoms with Crippen LogP contribution in [0, 0.1) is 3.70 Å². The van der Waals surface area contributed by atoms with Gasteiger partial charge in [-0.2, -0.15) is 0 Å². The lowest BCUT2D eigenvalue weighted by atomic mass is 10.5. The van der Waals surface area contributed by atoms with Gasteiger partial charge >= 0.3 is 0 Å². The monoisotopic (exact) mass is 273 g/mol. The number of halogens is 3. The molecule has 0 saturated carbocycles. The van der Waals surface area contributed by atoms with Crippen LogP contribution in [-0.2, 0) is 0 Å². The molecule has 4 heteroatoms. The van der Waals surface area contributed by atoms with Gasteiger partial charge < -0.3 is 0 Å². The van der Waals surface area contributed by atoms with E-state index in [2.05, 4.69) is 4.98 Å². The van der Waals surface area contributed by atoms with Crippen molar-refractivity contribution in [2.24, 2.45) is 0 Å². The highest BCUT2D eigenvalue weighted by Gasteiger charge is 1.99. The van der Waals surface area contributed by atoms with Crippen molar-refractivity contribution in [1.82, 2.24) is 4.98 Å². The van der Waals surface area contributed by atoms with Gasteiger partial charge in [0.25, 0.3) is 0 Å². The Kier molecular flexibility index (Phi) is 2.55. The van der Waals surface area contributed by atoms with E-state index in [1.807, 2.05) is 22.6 Å². The molecule has 0 aliphatic carbocycles. The topological polar surface area (TPSA) is 12.9 Å². The summed E-state index contributed by atoms with van der Waals surface area (Å²) < 4.78 is 0.738. The predicted octanol–water partition coefficient (Wildman–Crippen LogP) is 2.99. The first-order valence-electron chi connectivity index (χ1n) is 2.17. The number of pyridine rings is 1. The highest BCUT2D eigenvalue weighted by molar-refractivity contribution is 14.1. The molecule has 1 aromatic heterocycles. The summed E-state index contributed by atoms with van der Waals surface area (Å²) in [5.74, 6) is 0. The molecule has 0 unspecified atom stereocenters. The smallest absolute Gasteiger partial charge is 0.121 e. The Hall–Kier alpha value is 0.460. The lowest BCUT2D eigenvalue weighted by Crippen LogP contribution is -1.79. The highest BCUT2D eigenvalue weighted by atomic mass is 127. The first kappa shape index (κ1) is 7.57. The minimum absolute atomic E-state index is 0.528. The van der Waals surface area contributed by atoms with Crippen LogP contribution in [0.1, 0.15) is 0 Å². The van der Waals surface area contributed by atoms with E-state index in [4.69, 9.17) is 23.2 Å². The minimum Gasteiger partial charge on any atom is -0.249 e. The summed E-state index contributed by atoms with van der Waals surface area (Å²) in [4.78, 5) is 3.91. The third-order valence-corrected chi connectivity index (χ3v) is 2.73. The Balaban J connectivity index is 3.25. The predicted molar refractivity (Wildman–Crippen MR) is 47.0 cm³/mol. The third-order valence-electron chi connectivity index (χ3n) is 0.800. The minimum atomic E-state index is 0.528. The van der Waals surface area contributed by atoms with Crippen LogP contribution in [0.2, 0.25) is 10.0 Å². The van der Waals surface area contributed by atoms with Crippen LogP contribution in [-0.4, -0.2) is 4.98 Å². The van der Waals surface area contributed by atoms with E-state index >= 15 is 0 Å². The standard InChI is InChI=1S/C5H2Cl2IN/c6-3-1-2-9-5(8)4(3)7/h1-2H. The number of aromatic nitrogens is 1. The van der Waals surface area contributed by atoms with Crippen molar-refractivity contribution in [2.75, 3.05) is 0 Å². The molecule has 0 aliphatic heterocycles. The third kappa shape index (κ3) is 1.69. The van der Waals surface area contributed by atoms with E-state index in [1.54, 1.807) is 12.3 Å². The normalized spacial score (nSPS) is 9.67. The Morgan fingerprint density at radius 2 is 2.11 bits per heavy atom. The second-order valence-electron chi connectivity index (χ2n) is 1.40. The molecule has 0 saturated heterocycles. The molecule has 0 bridgehead atoms. The molecular formula is C5H2Cl2IN. The maximum absolute atomic E-state index is 5.68. The van der Waals surface area contributed by atoms with Gasteiger partial charge in [-0.25, -0.2) is 4.98 Å². The van der Waals surface area contributed by atoms with Crippen LogP contribution in [0.25, 0.3) is 0 Å². The SMILES string of the molecule is Clc1ccnc(I)c1Cl. The zero-order valence-electron chi connectivity index (χ0n) is 4.24. The van der Waals surface area contributed by atoms with Crippen molar-refractivity contribution >= 4 is 45.8 Å². The van der Waals surface area contributed by atoms with E-state index in [-0.39, 0.29) is 0 Å². The molecular weight excluding hydrogens is 272 g/mol. The van der Waals surface area contributed by atoms with E-state index in [0.29, 0.717) is 10.0 Å². The lowest BCUT2D eigenvalue weighted by molar-refractivity contribution is 1.27. The van der Waals surface area contributed by atoms with E-state index < -0.39 is 0 Å². The van der Waals surface area contributed by atoms with E-state index in [0.717, 1.165) is 3.70 Å². The van der Waals surface area contributed by atoms with Gasteiger partial charge in [0.2, 0.25) is 0 Å². The first-order valence-corrected chi connectivity index (χ1v) is 4.01. The van der Waals surface area contributed by atoms with Gasteiger partial charge in [0.1, 0.15) is 3.70 Å². The van der Waals surface area contributed by atoms with Gasteiger partial charge in [0.15, 0.2) is 0 Å². The lowest BCUT2D eigenvalue weighted by Gasteiger charge is -1.93. The Bertz CT molecular complexity index is 206. The second kappa shape index (κ2) is 3.03. The van der Waals surface area contributed by atoms with Crippen molar-refractivity contribution in [3.63, 3.8) is 0 Å². The fourth-order valence-corrected chi connectivity index (χ4v) is 1.26. The van der Waals surface area contributed by atoms with E-state index in [9.17, 15) is 0 Å². The molecule has 0 aliphatic rings. The van der Waals surface area contributed by atoms with E-state index in [1.165, 1.54) is 0 Å². The van der Waals surface area contributed by atoms with Crippen molar-refractivity contribution < 1.29 is 0 Å². The quantitative estimate of drug-likeness (QED) is 0.523.